The molecule has 1 unspecified atom stereocenters. The second-order valence-corrected chi connectivity index (χ2v) is 4.57. The van der Waals surface area contributed by atoms with Crippen molar-refractivity contribution in [2.24, 2.45) is 0 Å². The molecule has 0 amide bonds. The number of hydrogen-bond donors (Lipinski definition) is 2. The lowest BCUT2D eigenvalue weighted by Gasteiger charge is -2.16. The Hall–Kier alpha value is -1.82. The summed E-state index contributed by atoms with van der Waals surface area (Å²) < 4.78 is 10.3. The number of hydrogen-bond acceptors (Lipinski definition) is 6. The summed E-state index contributed by atoms with van der Waals surface area (Å²) in [4.78, 5) is 15.4. The summed E-state index contributed by atoms with van der Waals surface area (Å²) in [5.74, 6) is 0.0671. The predicted octanol–water partition coefficient (Wildman–Crippen LogP) is 1.59. The van der Waals surface area contributed by atoms with Crippen LogP contribution in [0.1, 0.15) is 27.2 Å². The third-order valence-corrected chi connectivity index (χ3v) is 2.35. The fourth-order valence-electron chi connectivity index (χ4n) is 1.55. The molecule has 0 aliphatic carbocycles. The number of aliphatic hydroxyl groups excluding tert-OH is 1. The number of carbonyl (C=O) groups is 1. The van der Waals surface area contributed by atoms with Crippen LogP contribution in [0.15, 0.2) is 18.3 Å². The predicted molar refractivity (Wildman–Crippen MR) is 75.7 cm³/mol. The molecule has 0 aliphatic heterocycles. The van der Waals surface area contributed by atoms with E-state index in [0.29, 0.717) is 18.2 Å². The van der Waals surface area contributed by atoms with Crippen molar-refractivity contribution in [1.82, 2.24) is 4.98 Å². The van der Waals surface area contributed by atoms with Crippen molar-refractivity contribution >= 4 is 11.7 Å². The smallest absolute Gasteiger partial charge is 0.308 e. The molecule has 1 aromatic heterocycles. The van der Waals surface area contributed by atoms with E-state index < -0.39 is 12.1 Å². The van der Waals surface area contributed by atoms with Crippen molar-refractivity contribution < 1.29 is 19.4 Å². The van der Waals surface area contributed by atoms with E-state index in [-0.39, 0.29) is 19.1 Å². The monoisotopic (exact) mass is 282 g/mol. The van der Waals surface area contributed by atoms with E-state index in [1.54, 1.807) is 19.2 Å². The third-order valence-electron chi connectivity index (χ3n) is 2.35. The summed E-state index contributed by atoms with van der Waals surface area (Å²) in [6.45, 7) is 6.09. The average Bonchev–Trinajstić information content (AvgIpc) is 2.37. The molecule has 0 fully saturated rings. The standard InChI is InChI=1S/C14H22N2O4/c1-4-19-13(18)8-11(17)9-16-12-6-5-7-15-14(12)20-10(2)3/h5-7,10-11,16-17H,4,8-9H2,1-3H3. The van der Waals surface area contributed by atoms with Crippen molar-refractivity contribution in [2.45, 2.75) is 39.4 Å². The molecule has 20 heavy (non-hydrogen) atoms. The molecule has 6 nitrogen and oxygen atoms in total. The van der Waals surface area contributed by atoms with Gasteiger partial charge in [-0.25, -0.2) is 4.98 Å². The topological polar surface area (TPSA) is 80.7 Å². The Labute approximate surface area is 119 Å². The highest BCUT2D eigenvalue weighted by Crippen LogP contribution is 2.21. The fraction of sp³-hybridized carbons (Fsp3) is 0.571. The molecule has 1 heterocycles. The number of ether oxygens (including phenoxy) is 2. The van der Waals surface area contributed by atoms with Crippen LogP contribution in [-0.2, 0) is 9.53 Å². The van der Waals surface area contributed by atoms with E-state index in [1.807, 2.05) is 19.9 Å². The first-order valence-corrected chi connectivity index (χ1v) is 6.72. The minimum absolute atomic E-state index is 0.00917. The quantitative estimate of drug-likeness (QED) is 0.705. The van der Waals surface area contributed by atoms with Crippen LogP contribution in [0.5, 0.6) is 5.88 Å². The van der Waals surface area contributed by atoms with Gasteiger partial charge in [0.2, 0.25) is 5.88 Å². The Kier molecular flexibility index (Phi) is 6.79. The number of aliphatic hydroxyl groups is 1. The maximum absolute atomic E-state index is 11.2. The SMILES string of the molecule is CCOC(=O)CC(O)CNc1cccnc1OC(C)C. The number of anilines is 1. The first-order valence-electron chi connectivity index (χ1n) is 6.72. The van der Waals surface area contributed by atoms with Gasteiger partial charge < -0.3 is 19.9 Å². The van der Waals surface area contributed by atoms with Crippen LogP contribution in [0.4, 0.5) is 5.69 Å². The molecule has 6 heteroatoms. The zero-order chi connectivity index (χ0) is 15.0. The van der Waals surface area contributed by atoms with Crippen molar-refractivity contribution in [2.75, 3.05) is 18.5 Å². The van der Waals surface area contributed by atoms with Crippen LogP contribution in [-0.4, -0.2) is 41.4 Å². The highest BCUT2D eigenvalue weighted by atomic mass is 16.5. The molecule has 1 aromatic rings. The lowest BCUT2D eigenvalue weighted by atomic mass is 10.2. The van der Waals surface area contributed by atoms with Crippen molar-refractivity contribution in [3.8, 4) is 5.88 Å². The number of nitrogens with zero attached hydrogens (tertiary/aromatic N) is 1. The molecular weight excluding hydrogens is 260 g/mol. The van der Waals surface area contributed by atoms with E-state index in [2.05, 4.69) is 10.3 Å². The number of esters is 1. The van der Waals surface area contributed by atoms with E-state index in [9.17, 15) is 9.90 Å². The molecule has 1 atom stereocenters. The van der Waals surface area contributed by atoms with E-state index in [1.165, 1.54) is 0 Å². The Morgan fingerprint density at radius 2 is 2.25 bits per heavy atom. The zero-order valence-corrected chi connectivity index (χ0v) is 12.1. The Bertz CT molecular complexity index is 423. The maximum atomic E-state index is 11.2. The molecule has 2 N–H and O–H groups in total. The van der Waals surface area contributed by atoms with Gasteiger partial charge >= 0.3 is 5.97 Å². The molecule has 1 rings (SSSR count). The van der Waals surface area contributed by atoms with Gasteiger partial charge in [-0.3, -0.25) is 4.79 Å². The van der Waals surface area contributed by atoms with Gasteiger partial charge in [0.15, 0.2) is 0 Å². The second-order valence-electron chi connectivity index (χ2n) is 4.57. The summed E-state index contributed by atoms with van der Waals surface area (Å²) in [5, 5.41) is 12.8. The first kappa shape index (κ1) is 16.2. The van der Waals surface area contributed by atoms with Crippen LogP contribution in [0, 0.1) is 0 Å². The van der Waals surface area contributed by atoms with E-state index >= 15 is 0 Å². The molecule has 0 aliphatic rings. The van der Waals surface area contributed by atoms with Gasteiger partial charge in [0.1, 0.15) is 0 Å². The van der Waals surface area contributed by atoms with Crippen molar-refractivity contribution in [3.63, 3.8) is 0 Å². The van der Waals surface area contributed by atoms with Crippen LogP contribution in [0.3, 0.4) is 0 Å². The van der Waals surface area contributed by atoms with Crippen LogP contribution in [0.2, 0.25) is 0 Å². The fourth-order valence-corrected chi connectivity index (χ4v) is 1.55. The van der Waals surface area contributed by atoms with Crippen LogP contribution >= 0.6 is 0 Å². The number of pyridine rings is 1. The first-order chi connectivity index (χ1) is 9.52. The molecule has 0 spiro atoms. The normalized spacial score (nSPS) is 12.1. The Morgan fingerprint density at radius 1 is 1.50 bits per heavy atom. The Balaban J connectivity index is 2.50. The average molecular weight is 282 g/mol. The van der Waals surface area contributed by atoms with Gasteiger partial charge in [-0.15, -0.1) is 0 Å². The zero-order valence-electron chi connectivity index (χ0n) is 12.1. The number of aromatic nitrogens is 1. The van der Waals surface area contributed by atoms with Gasteiger partial charge in [-0.05, 0) is 32.9 Å². The summed E-state index contributed by atoms with van der Waals surface area (Å²) in [7, 11) is 0. The number of nitrogens with one attached hydrogen (secondary N) is 1. The van der Waals surface area contributed by atoms with Crippen LogP contribution < -0.4 is 10.1 Å². The van der Waals surface area contributed by atoms with E-state index in [4.69, 9.17) is 9.47 Å². The molecule has 0 bridgehead atoms. The minimum Gasteiger partial charge on any atom is -0.473 e. The second kappa shape index (κ2) is 8.37. The highest BCUT2D eigenvalue weighted by molar-refractivity contribution is 5.70. The molecule has 0 saturated carbocycles. The Morgan fingerprint density at radius 3 is 2.90 bits per heavy atom. The molecular formula is C14H22N2O4. The van der Waals surface area contributed by atoms with Gasteiger partial charge in [0, 0.05) is 12.7 Å². The van der Waals surface area contributed by atoms with Gasteiger partial charge in [0.25, 0.3) is 0 Å². The van der Waals surface area contributed by atoms with Gasteiger partial charge in [-0.2, -0.15) is 0 Å². The largest absolute Gasteiger partial charge is 0.473 e. The summed E-state index contributed by atoms with van der Waals surface area (Å²) >= 11 is 0. The molecule has 0 radical (unpaired) electrons. The summed E-state index contributed by atoms with van der Waals surface area (Å²) in [6, 6.07) is 3.58. The number of carbonyl (C=O) groups excluding carboxylic acids is 1. The summed E-state index contributed by atoms with van der Waals surface area (Å²) in [6.07, 6.45) is 0.787. The third kappa shape index (κ3) is 5.88. The van der Waals surface area contributed by atoms with Gasteiger partial charge in [0.05, 0.1) is 30.9 Å². The lowest BCUT2D eigenvalue weighted by molar-refractivity contribution is -0.145. The minimum atomic E-state index is -0.818. The maximum Gasteiger partial charge on any atom is 0.308 e. The summed E-state index contributed by atoms with van der Waals surface area (Å²) in [5.41, 5.74) is 0.684. The highest BCUT2D eigenvalue weighted by Gasteiger charge is 2.13. The van der Waals surface area contributed by atoms with Crippen molar-refractivity contribution in [1.29, 1.82) is 0 Å². The van der Waals surface area contributed by atoms with Crippen LogP contribution in [0.25, 0.3) is 0 Å². The van der Waals surface area contributed by atoms with E-state index in [0.717, 1.165) is 0 Å². The molecule has 0 aromatic carbocycles. The van der Waals surface area contributed by atoms with Gasteiger partial charge in [-0.1, -0.05) is 0 Å². The van der Waals surface area contributed by atoms with Crippen molar-refractivity contribution in [3.05, 3.63) is 18.3 Å². The molecule has 0 saturated heterocycles. The molecule has 112 valence electrons. The lowest BCUT2D eigenvalue weighted by Crippen LogP contribution is -2.24. The number of rotatable bonds is 8.